The Labute approximate surface area is 158 Å². The van der Waals surface area contributed by atoms with Crippen LogP contribution in [0.25, 0.3) is 0 Å². The van der Waals surface area contributed by atoms with Crippen molar-refractivity contribution >= 4 is 33.2 Å². The minimum atomic E-state index is -3.75. The molecule has 0 bridgehead atoms. The zero-order valence-electron chi connectivity index (χ0n) is 14.6. The maximum Gasteiger partial charge on any atom is 0.238 e. The fraction of sp³-hybridized carbons (Fsp3) is 0.278. The summed E-state index contributed by atoms with van der Waals surface area (Å²) in [7, 11) is -3.75. The quantitative estimate of drug-likeness (QED) is 0.670. The van der Waals surface area contributed by atoms with Crippen LogP contribution < -0.4 is 15.8 Å². The van der Waals surface area contributed by atoms with Crippen LogP contribution in [0.4, 0.5) is 5.69 Å². The maximum absolute atomic E-state index is 12.2. The normalized spacial score (nSPS) is 12.8. The molecule has 0 aliphatic rings. The third kappa shape index (κ3) is 5.81. The van der Waals surface area contributed by atoms with E-state index in [1.54, 1.807) is 0 Å². The summed E-state index contributed by atoms with van der Waals surface area (Å²) in [5.41, 5.74) is 1.55. The molecule has 0 saturated carbocycles. The molecule has 2 aromatic rings. The highest BCUT2D eigenvalue weighted by molar-refractivity contribution is 7.89. The minimum Gasteiger partial charge on any atom is -0.325 e. The molecule has 140 valence electrons. The molecule has 0 aromatic heterocycles. The molecule has 0 aliphatic carbocycles. The third-order valence-corrected chi connectivity index (χ3v) is 5.03. The smallest absolute Gasteiger partial charge is 0.238 e. The van der Waals surface area contributed by atoms with Crippen molar-refractivity contribution in [3.63, 3.8) is 0 Å². The Kier molecular flexibility index (Phi) is 6.77. The van der Waals surface area contributed by atoms with Crippen LogP contribution in [0, 0.1) is 5.92 Å². The van der Waals surface area contributed by atoms with Gasteiger partial charge in [0.15, 0.2) is 0 Å². The molecule has 1 atom stereocenters. The lowest BCUT2D eigenvalue weighted by Crippen LogP contribution is -2.33. The van der Waals surface area contributed by atoms with Gasteiger partial charge in [0.1, 0.15) is 0 Å². The van der Waals surface area contributed by atoms with Gasteiger partial charge in [-0.25, -0.2) is 13.6 Å². The second-order valence-corrected chi connectivity index (χ2v) is 8.27. The molecule has 4 N–H and O–H groups in total. The Morgan fingerprint density at radius 1 is 1.08 bits per heavy atom. The van der Waals surface area contributed by atoms with Crippen molar-refractivity contribution in [3.05, 3.63) is 59.1 Å². The molecule has 1 unspecified atom stereocenters. The first-order valence-corrected chi connectivity index (χ1v) is 10.0. The van der Waals surface area contributed by atoms with Gasteiger partial charge in [0, 0.05) is 16.8 Å². The molecular formula is C18H22ClN3O3S. The molecule has 26 heavy (non-hydrogen) atoms. The van der Waals surface area contributed by atoms with E-state index in [1.165, 1.54) is 24.3 Å². The van der Waals surface area contributed by atoms with Crippen LogP contribution in [0.3, 0.4) is 0 Å². The number of nitrogens with two attached hydrogens (primary N) is 1. The van der Waals surface area contributed by atoms with E-state index < -0.39 is 10.0 Å². The summed E-state index contributed by atoms with van der Waals surface area (Å²) in [4.78, 5) is 12.2. The Morgan fingerprint density at radius 3 is 2.15 bits per heavy atom. The SMILES string of the molecule is CC(C)C(NCC(=O)Nc1ccc(S(N)(=O)=O)cc1)c1ccc(Cl)cc1. The number of benzene rings is 2. The number of hydrogen-bond donors (Lipinski definition) is 3. The lowest BCUT2D eigenvalue weighted by atomic mass is 9.96. The minimum absolute atomic E-state index is 0.00257. The lowest BCUT2D eigenvalue weighted by molar-refractivity contribution is -0.115. The van der Waals surface area contributed by atoms with Gasteiger partial charge >= 0.3 is 0 Å². The summed E-state index contributed by atoms with van der Waals surface area (Å²) < 4.78 is 22.5. The molecule has 0 radical (unpaired) electrons. The van der Waals surface area contributed by atoms with Crippen molar-refractivity contribution < 1.29 is 13.2 Å². The molecule has 0 fully saturated rings. The number of hydrogen-bond acceptors (Lipinski definition) is 4. The second kappa shape index (κ2) is 8.64. The number of halogens is 1. The van der Waals surface area contributed by atoms with Gasteiger partial charge in [-0.05, 0) is 47.9 Å². The Hall–Kier alpha value is -1.93. The van der Waals surface area contributed by atoms with E-state index in [-0.39, 0.29) is 29.3 Å². The molecule has 6 nitrogen and oxygen atoms in total. The van der Waals surface area contributed by atoms with E-state index in [0.29, 0.717) is 10.7 Å². The molecule has 2 rings (SSSR count). The molecule has 0 aliphatic heterocycles. The van der Waals surface area contributed by atoms with Crippen LogP contribution in [0.1, 0.15) is 25.5 Å². The summed E-state index contributed by atoms with van der Waals surface area (Å²) >= 11 is 5.92. The maximum atomic E-state index is 12.2. The number of anilines is 1. The summed E-state index contributed by atoms with van der Waals surface area (Å²) in [6.07, 6.45) is 0. The van der Waals surface area contributed by atoms with Gasteiger partial charge in [-0.15, -0.1) is 0 Å². The highest BCUT2D eigenvalue weighted by atomic mass is 35.5. The van der Waals surface area contributed by atoms with Crippen LogP contribution >= 0.6 is 11.6 Å². The Morgan fingerprint density at radius 2 is 1.65 bits per heavy atom. The Bertz CT molecular complexity index is 850. The number of rotatable bonds is 7. The number of primary sulfonamides is 1. The van der Waals surface area contributed by atoms with Crippen LogP contribution in [-0.4, -0.2) is 20.9 Å². The van der Waals surface area contributed by atoms with E-state index in [9.17, 15) is 13.2 Å². The molecule has 0 saturated heterocycles. The average molecular weight is 396 g/mol. The van der Waals surface area contributed by atoms with Crippen LogP contribution in [-0.2, 0) is 14.8 Å². The summed E-state index contributed by atoms with van der Waals surface area (Å²) in [6, 6.07) is 13.2. The summed E-state index contributed by atoms with van der Waals surface area (Å²) in [6.45, 7) is 4.24. The van der Waals surface area contributed by atoms with Crippen molar-refractivity contribution in [2.45, 2.75) is 24.8 Å². The predicted octanol–water partition coefficient (Wildman–Crippen LogP) is 2.91. The van der Waals surface area contributed by atoms with E-state index in [4.69, 9.17) is 16.7 Å². The summed E-state index contributed by atoms with van der Waals surface area (Å²) in [5.74, 6) is 0.0472. The van der Waals surface area contributed by atoms with Gasteiger partial charge in [0.05, 0.1) is 11.4 Å². The third-order valence-electron chi connectivity index (χ3n) is 3.84. The predicted molar refractivity (Wildman–Crippen MR) is 103 cm³/mol. The number of amides is 1. The van der Waals surface area contributed by atoms with Crippen molar-refractivity contribution in [1.82, 2.24) is 5.32 Å². The summed E-state index contributed by atoms with van der Waals surface area (Å²) in [5, 5.41) is 11.7. The molecular weight excluding hydrogens is 374 g/mol. The Balaban J connectivity index is 1.97. The van der Waals surface area contributed by atoms with Crippen molar-refractivity contribution in [1.29, 1.82) is 0 Å². The van der Waals surface area contributed by atoms with Crippen LogP contribution in [0.2, 0.25) is 5.02 Å². The van der Waals surface area contributed by atoms with E-state index in [1.807, 2.05) is 24.3 Å². The van der Waals surface area contributed by atoms with Gasteiger partial charge in [0.25, 0.3) is 0 Å². The molecule has 0 heterocycles. The fourth-order valence-corrected chi connectivity index (χ4v) is 3.19. The highest BCUT2D eigenvalue weighted by Gasteiger charge is 2.16. The largest absolute Gasteiger partial charge is 0.325 e. The standard InChI is InChI=1S/C18H22ClN3O3S/c1-12(2)18(13-3-5-14(19)6-4-13)21-11-17(23)22-15-7-9-16(10-8-15)26(20,24)25/h3-10,12,18,21H,11H2,1-2H3,(H,22,23)(H2,20,24,25). The van der Waals surface area contributed by atoms with Crippen LogP contribution in [0.15, 0.2) is 53.4 Å². The molecule has 2 aromatic carbocycles. The monoisotopic (exact) mass is 395 g/mol. The molecule has 0 spiro atoms. The van der Waals surface area contributed by atoms with E-state index >= 15 is 0 Å². The number of nitrogens with one attached hydrogen (secondary N) is 2. The topological polar surface area (TPSA) is 101 Å². The number of carbonyl (C=O) groups is 1. The molecule has 1 amide bonds. The first-order chi connectivity index (χ1) is 12.2. The lowest BCUT2D eigenvalue weighted by Gasteiger charge is -2.23. The van der Waals surface area contributed by atoms with Crippen LogP contribution in [0.5, 0.6) is 0 Å². The van der Waals surface area contributed by atoms with Gasteiger partial charge < -0.3 is 10.6 Å². The zero-order chi connectivity index (χ0) is 19.3. The second-order valence-electron chi connectivity index (χ2n) is 6.27. The van der Waals surface area contributed by atoms with Gasteiger partial charge in [-0.2, -0.15) is 0 Å². The van der Waals surface area contributed by atoms with Gasteiger partial charge in [0.2, 0.25) is 15.9 Å². The zero-order valence-corrected chi connectivity index (χ0v) is 16.1. The van der Waals surface area contributed by atoms with E-state index in [2.05, 4.69) is 24.5 Å². The van der Waals surface area contributed by atoms with Gasteiger partial charge in [-0.1, -0.05) is 37.6 Å². The van der Waals surface area contributed by atoms with Crippen molar-refractivity contribution in [2.75, 3.05) is 11.9 Å². The number of carbonyl (C=O) groups excluding carboxylic acids is 1. The average Bonchev–Trinajstić information content (AvgIpc) is 2.56. The first-order valence-electron chi connectivity index (χ1n) is 8.08. The van der Waals surface area contributed by atoms with Gasteiger partial charge in [-0.3, -0.25) is 4.79 Å². The highest BCUT2D eigenvalue weighted by Crippen LogP contribution is 2.23. The van der Waals surface area contributed by atoms with Crippen molar-refractivity contribution in [3.8, 4) is 0 Å². The van der Waals surface area contributed by atoms with E-state index in [0.717, 1.165) is 5.56 Å². The number of sulfonamides is 1. The first kappa shape index (κ1) is 20.4. The fourth-order valence-electron chi connectivity index (χ4n) is 2.54. The molecule has 8 heteroatoms. The van der Waals surface area contributed by atoms with Crippen molar-refractivity contribution in [2.24, 2.45) is 11.1 Å².